The van der Waals surface area contributed by atoms with Crippen molar-refractivity contribution in [3.05, 3.63) is 18.2 Å². The first-order valence-electron chi connectivity index (χ1n) is 8.05. The zero-order valence-corrected chi connectivity index (χ0v) is 15.5. The Morgan fingerprint density at radius 2 is 2.04 bits per heavy atom. The maximum Gasteiger partial charge on any atom is 0.210 e. The number of nitrogen functional groups attached to an aromatic ring is 1. The van der Waals surface area contributed by atoms with E-state index in [0.717, 1.165) is 24.2 Å². The molecule has 9 heteroatoms. The monoisotopic (exact) mass is 372 g/mol. The van der Waals surface area contributed by atoms with Gasteiger partial charge in [0.1, 0.15) is 11.5 Å². The molecule has 0 unspecified atom stereocenters. The summed E-state index contributed by atoms with van der Waals surface area (Å²) in [7, 11) is 3.19. The summed E-state index contributed by atoms with van der Waals surface area (Å²) in [4.78, 5) is 0. The lowest BCUT2D eigenvalue weighted by molar-refractivity contribution is 0.395. The van der Waals surface area contributed by atoms with E-state index in [1.54, 1.807) is 20.3 Å². The number of rotatable bonds is 9. The molecule has 2 aromatic rings. The second-order valence-electron chi connectivity index (χ2n) is 5.73. The number of nitrogens with two attached hydrogens (primary N) is 1. The summed E-state index contributed by atoms with van der Waals surface area (Å²) in [5, 5.41) is 17.3. The Balaban J connectivity index is 1.68. The molecule has 2 N–H and O–H groups in total. The van der Waals surface area contributed by atoms with Gasteiger partial charge in [-0.15, -0.1) is 22.5 Å². The maximum absolute atomic E-state index is 6.19. The first kappa shape index (κ1) is 18.1. The van der Waals surface area contributed by atoms with Gasteiger partial charge in [-0.3, -0.25) is 0 Å². The van der Waals surface area contributed by atoms with Crippen LogP contribution in [0.15, 0.2) is 33.6 Å². The van der Waals surface area contributed by atoms with Crippen molar-refractivity contribution in [2.45, 2.75) is 30.1 Å². The van der Waals surface area contributed by atoms with Gasteiger partial charge in [0.2, 0.25) is 5.16 Å². The standard InChI is InChI=1S/C17H20N6O2S/c1-4-5-8-17(21-22-17)9-10-26-16-20-19-15(23(16)18)13-7-6-12(24-2)11-14(13)25-3/h1,6-7,11H,5,8-10,18H2,2-3H3. The highest BCUT2D eigenvalue weighted by Gasteiger charge is 2.38. The quantitative estimate of drug-likeness (QED) is 0.413. The van der Waals surface area contributed by atoms with E-state index in [1.807, 2.05) is 12.1 Å². The largest absolute Gasteiger partial charge is 0.497 e. The number of methoxy groups -OCH3 is 2. The highest BCUT2D eigenvalue weighted by molar-refractivity contribution is 7.99. The van der Waals surface area contributed by atoms with Gasteiger partial charge in [0.25, 0.3) is 0 Å². The van der Waals surface area contributed by atoms with Crippen LogP contribution in [0.2, 0.25) is 0 Å². The van der Waals surface area contributed by atoms with Gasteiger partial charge in [0.05, 0.1) is 19.8 Å². The molecule has 3 rings (SSSR count). The maximum atomic E-state index is 6.19. The Kier molecular flexibility index (Phi) is 5.32. The molecule has 2 heterocycles. The van der Waals surface area contributed by atoms with Gasteiger partial charge in [-0.1, -0.05) is 11.8 Å². The van der Waals surface area contributed by atoms with Crippen LogP contribution in [-0.4, -0.2) is 40.5 Å². The van der Waals surface area contributed by atoms with E-state index in [1.165, 1.54) is 16.4 Å². The second kappa shape index (κ2) is 7.66. The summed E-state index contributed by atoms with van der Waals surface area (Å²) < 4.78 is 12.1. The Hall–Kier alpha value is -2.73. The number of ether oxygens (including phenoxy) is 2. The van der Waals surface area contributed by atoms with Crippen LogP contribution in [0.1, 0.15) is 19.3 Å². The van der Waals surface area contributed by atoms with Crippen LogP contribution >= 0.6 is 11.8 Å². The average molecular weight is 372 g/mol. The molecule has 0 bridgehead atoms. The molecule has 0 saturated heterocycles. The van der Waals surface area contributed by atoms with Gasteiger partial charge in [-0.2, -0.15) is 10.2 Å². The summed E-state index contributed by atoms with van der Waals surface area (Å²) in [6, 6.07) is 5.45. The van der Waals surface area contributed by atoms with Crippen molar-refractivity contribution >= 4 is 11.8 Å². The van der Waals surface area contributed by atoms with Crippen molar-refractivity contribution in [3.63, 3.8) is 0 Å². The minimum Gasteiger partial charge on any atom is -0.497 e. The zero-order chi connectivity index (χ0) is 18.6. The molecule has 136 valence electrons. The molecule has 0 radical (unpaired) electrons. The Bertz CT molecular complexity index is 851. The molecule has 1 aliphatic rings. The molecule has 1 aromatic carbocycles. The fourth-order valence-corrected chi connectivity index (χ4v) is 3.45. The minimum absolute atomic E-state index is 0.305. The smallest absolute Gasteiger partial charge is 0.210 e. The fourth-order valence-electron chi connectivity index (χ4n) is 2.52. The van der Waals surface area contributed by atoms with Crippen molar-refractivity contribution in [3.8, 4) is 35.2 Å². The van der Waals surface area contributed by atoms with E-state index < -0.39 is 0 Å². The van der Waals surface area contributed by atoms with Crippen molar-refractivity contribution in [1.29, 1.82) is 0 Å². The zero-order valence-electron chi connectivity index (χ0n) is 14.7. The SMILES string of the molecule is C#CCCC1(CCSc2nnc(-c3ccc(OC)cc3OC)n2N)N=N1. The lowest BCUT2D eigenvalue weighted by Crippen LogP contribution is -2.14. The lowest BCUT2D eigenvalue weighted by Gasteiger charge is -2.10. The predicted molar refractivity (Wildman–Crippen MR) is 99.7 cm³/mol. The van der Waals surface area contributed by atoms with Gasteiger partial charge in [-0.25, -0.2) is 4.68 Å². The van der Waals surface area contributed by atoms with Crippen LogP contribution in [-0.2, 0) is 0 Å². The summed E-state index contributed by atoms with van der Waals surface area (Å²) >= 11 is 1.51. The number of hydrogen-bond acceptors (Lipinski definition) is 8. The number of aromatic nitrogens is 3. The van der Waals surface area contributed by atoms with Crippen LogP contribution < -0.4 is 15.3 Å². The molecule has 0 saturated carbocycles. The van der Waals surface area contributed by atoms with E-state index in [4.69, 9.17) is 21.7 Å². The molecule has 1 aromatic heterocycles. The first-order chi connectivity index (χ1) is 12.6. The average Bonchev–Trinajstić information content (AvgIpc) is 3.35. The summed E-state index contributed by atoms with van der Waals surface area (Å²) in [6.45, 7) is 0. The van der Waals surface area contributed by atoms with E-state index in [9.17, 15) is 0 Å². The number of hydrogen-bond donors (Lipinski definition) is 1. The van der Waals surface area contributed by atoms with Crippen molar-refractivity contribution in [2.75, 3.05) is 25.8 Å². The normalized spacial score (nSPS) is 14.0. The fraction of sp³-hybridized carbons (Fsp3) is 0.412. The summed E-state index contributed by atoms with van der Waals surface area (Å²) in [6.07, 6.45) is 7.57. The molecule has 0 aliphatic carbocycles. The van der Waals surface area contributed by atoms with E-state index in [0.29, 0.717) is 28.9 Å². The Labute approximate surface area is 156 Å². The Morgan fingerprint density at radius 3 is 2.69 bits per heavy atom. The van der Waals surface area contributed by atoms with E-state index >= 15 is 0 Å². The van der Waals surface area contributed by atoms with Gasteiger partial charge >= 0.3 is 0 Å². The molecule has 8 nitrogen and oxygen atoms in total. The van der Waals surface area contributed by atoms with Crippen LogP contribution in [0.4, 0.5) is 0 Å². The Morgan fingerprint density at radius 1 is 1.23 bits per heavy atom. The second-order valence-corrected chi connectivity index (χ2v) is 6.79. The molecule has 0 atom stereocenters. The summed E-state index contributed by atoms with van der Waals surface area (Å²) in [5.41, 5.74) is 0.439. The van der Waals surface area contributed by atoms with Gasteiger partial charge in [0, 0.05) is 31.1 Å². The third-order valence-corrected chi connectivity index (χ3v) is 5.05. The molecular formula is C17H20N6O2S. The first-order valence-corrected chi connectivity index (χ1v) is 9.04. The van der Waals surface area contributed by atoms with Crippen molar-refractivity contribution in [2.24, 2.45) is 10.2 Å². The van der Waals surface area contributed by atoms with Crippen LogP contribution in [0.5, 0.6) is 11.5 Å². The van der Waals surface area contributed by atoms with Gasteiger partial charge in [-0.05, 0) is 12.1 Å². The van der Waals surface area contributed by atoms with Crippen LogP contribution in [0.3, 0.4) is 0 Å². The lowest BCUT2D eigenvalue weighted by atomic mass is 10.1. The van der Waals surface area contributed by atoms with Gasteiger partial charge in [0.15, 0.2) is 11.5 Å². The number of benzene rings is 1. The van der Waals surface area contributed by atoms with E-state index in [-0.39, 0.29) is 5.66 Å². The third kappa shape index (κ3) is 3.75. The number of thioether (sulfide) groups is 1. The molecule has 0 fully saturated rings. The predicted octanol–water partition coefficient (Wildman–Crippen LogP) is 2.73. The number of terminal acetylenes is 1. The van der Waals surface area contributed by atoms with Gasteiger partial charge < -0.3 is 15.3 Å². The van der Waals surface area contributed by atoms with Crippen molar-refractivity contribution in [1.82, 2.24) is 14.9 Å². The highest BCUT2D eigenvalue weighted by Crippen LogP contribution is 2.38. The molecular weight excluding hydrogens is 352 g/mol. The van der Waals surface area contributed by atoms with Crippen LogP contribution in [0.25, 0.3) is 11.4 Å². The van der Waals surface area contributed by atoms with E-state index in [2.05, 4.69) is 26.3 Å². The third-order valence-electron chi connectivity index (χ3n) is 4.10. The minimum atomic E-state index is -0.305. The van der Waals surface area contributed by atoms with Crippen LogP contribution in [0, 0.1) is 12.3 Å². The molecule has 26 heavy (non-hydrogen) atoms. The molecule has 0 spiro atoms. The van der Waals surface area contributed by atoms with Crippen molar-refractivity contribution < 1.29 is 9.47 Å². The topological polar surface area (TPSA) is 99.9 Å². The summed E-state index contributed by atoms with van der Waals surface area (Å²) in [5.74, 6) is 11.4. The highest BCUT2D eigenvalue weighted by atomic mass is 32.2. The molecule has 1 aliphatic heterocycles. The number of nitrogens with zero attached hydrogens (tertiary/aromatic N) is 5. The molecule has 0 amide bonds.